The van der Waals surface area contributed by atoms with Gasteiger partial charge in [-0.1, -0.05) is 66.5 Å². The predicted molar refractivity (Wildman–Crippen MR) is 149 cm³/mol. The van der Waals surface area contributed by atoms with Gasteiger partial charge in [0.15, 0.2) is 0 Å². The van der Waals surface area contributed by atoms with Crippen molar-refractivity contribution < 1.29 is 19.1 Å². The maximum atomic E-state index is 12.7. The Labute approximate surface area is 221 Å². The minimum atomic E-state index is -0.400. The number of ether oxygens (including phenoxy) is 1. The van der Waals surface area contributed by atoms with E-state index >= 15 is 0 Å². The fourth-order valence-corrected chi connectivity index (χ4v) is 4.49. The van der Waals surface area contributed by atoms with Gasteiger partial charge in [-0.15, -0.1) is 0 Å². The summed E-state index contributed by atoms with van der Waals surface area (Å²) >= 11 is 6.62. The number of likely N-dealkylation sites (N-methyl/N-ethyl adjacent to an activating group) is 1. The van der Waals surface area contributed by atoms with Crippen LogP contribution in [-0.2, 0) is 14.3 Å². The van der Waals surface area contributed by atoms with Crippen LogP contribution in [0.5, 0.6) is 0 Å². The first kappa shape index (κ1) is 27.3. The Balaban J connectivity index is 1.42. The number of hydrogen-bond acceptors (Lipinski definition) is 7. The molecule has 2 aromatic rings. The van der Waals surface area contributed by atoms with Gasteiger partial charge in [0.05, 0.1) is 10.5 Å². The first-order valence-electron chi connectivity index (χ1n) is 11.5. The predicted octanol–water partition coefficient (Wildman–Crippen LogP) is 4.58. The Hall–Kier alpha value is -3.27. The third-order valence-corrected chi connectivity index (χ3v) is 6.57. The molecule has 0 aromatic heterocycles. The molecule has 7 nitrogen and oxygen atoms in total. The fraction of sp³-hybridized carbons (Fsp3) is 0.259. The zero-order chi connectivity index (χ0) is 25.9. The van der Waals surface area contributed by atoms with Crippen LogP contribution in [0.25, 0.3) is 6.08 Å². The molecule has 2 aromatic carbocycles. The number of esters is 1. The van der Waals surface area contributed by atoms with Crippen molar-refractivity contribution in [2.24, 2.45) is 0 Å². The molecule has 1 aliphatic rings. The van der Waals surface area contributed by atoms with Crippen molar-refractivity contribution in [3.05, 3.63) is 82.8 Å². The molecule has 0 unspecified atom stereocenters. The van der Waals surface area contributed by atoms with Crippen molar-refractivity contribution in [1.29, 1.82) is 0 Å². The van der Waals surface area contributed by atoms with Gasteiger partial charge < -0.3 is 15.0 Å². The molecular weight excluding hydrogens is 494 g/mol. The third-order valence-electron chi connectivity index (χ3n) is 5.17. The van der Waals surface area contributed by atoms with E-state index in [1.54, 1.807) is 30.3 Å². The molecule has 0 bridgehead atoms. The highest BCUT2D eigenvalue weighted by molar-refractivity contribution is 8.26. The molecule has 1 aliphatic heterocycles. The number of nitrogens with one attached hydrogen (secondary N) is 1. The molecule has 1 heterocycles. The second kappa shape index (κ2) is 13.7. The lowest BCUT2D eigenvalue weighted by molar-refractivity contribution is -0.122. The maximum absolute atomic E-state index is 12.7. The Morgan fingerprint density at radius 2 is 1.83 bits per heavy atom. The Morgan fingerprint density at radius 3 is 2.53 bits per heavy atom. The number of benzene rings is 2. The van der Waals surface area contributed by atoms with E-state index in [0.29, 0.717) is 46.6 Å². The van der Waals surface area contributed by atoms with Crippen molar-refractivity contribution >= 4 is 57.8 Å². The van der Waals surface area contributed by atoms with Crippen molar-refractivity contribution in [3.63, 3.8) is 0 Å². The quantitative estimate of drug-likeness (QED) is 0.262. The highest BCUT2D eigenvalue weighted by Crippen LogP contribution is 2.31. The van der Waals surface area contributed by atoms with Crippen molar-refractivity contribution in [2.45, 2.75) is 12.8 Å². The molecule has 0 radical (unpaired) electrons. The first-order valence-corrected chi connectivity index (χ1v) is 12.7. The van der Waals surface area contributed by atoms with E-state index in [1.165, 1.54) is 16.7 Å². The number of rotatable bonds is 11. The van der Waals surface area contributed by atoms with E-state index in [1.807, 2.05) is 61.5 Å². The summed E-state index contributed by atoms with van der Waals surface area (Å²) in [5, 5.41) is 2.81. The van der Waals surface area contributed by atoms with Gasteiger partial charge in [-0.2, -0.15) is 0 Å². The summed E-state index contributed by atoms with van der Waals surface area (Å²) < 4.78 is 5.70. The van der Waals surface area contributed by atoms with Crippen LogP contribution in [-0.4, -0.2) is 65.7 Å². The lowest BCUT2D eigenvalue weighted by atomic mass is 10.2. The van der Waals surface area contributed by atoms with Crippen molar-refractivity contribution in [2.75, 3.05) is 39.1 Å². The van der Waals surface area contributed by atoms with E-state index in [-0.39, 0.29) is 18.2 Å². The number of thiocarbonyl (C=S) groups is 1. The second-order valence-corrected chi connectivity index (χ2v) is 9.97. The van der Waals surface area contributed by atoms with Crippen LogP contribution in [0.15, 0.2) is 71.7 Å². The van der Waals surface area contributed by atoms with E-state index < -0.39 is 5.97 Å². The van der Waals surface area contributed by atoms with Gasteiger partial charge in [-0.05, 0) is 56.4 Å². The summed E-state index contributed by atoms with van der Waals surface area (Å²) in [6, 6.07) is 16.4. The molecule has 0 aliphatic carbocycles. The van der Waals surface area contributed by atoms with Gasteiger partial charge in [-0.25, -0.2) is 4.79 Å². The summed E-state index contributed by atoms with van der Waals surface area (Å²) in [6.07, 6.45) is 6.24. The lowest BCUT2D eigenvalue weighted by Gasteiger charge is -2.14. The van der Waals surface area contributed by atoms with Crippen LogP contribution < -0.4 is 5.32 Å². The molecule has 0 saturated carbocycles. The monoisotopic (exact) mass is 523 g/mol. The Bertz CT molecular complexity index is 1150. The van der Waals surface area contributed by atoms with Gasteiger partial charge in [-0.3, -0.25) is 14.5 Å². The smallest absolute Gasteiger partial charge is 0.338 e. The molecule has 1 N–H and O–H groups in total. The Morgan fingerprint density at radius 1 is 1.11 bits per heavy atom. The van der Waals surface area contributed by atoms with E-state index in [4.69, 9.17) is 17.0 Å². The van der Waals surface area contributed by atoms with Gasteiger partial charge in [0.25, 0.3) is 5.91 Å². The zero-order valence-electron chi connectivity index (χ0n) is 20.3. The number of thioether (sulfide) groups is 1. The molecule has 3 rings (SSSR count). The van der Waals surface area contributed by atoms with Gasteiger partial charge >= 0.3 is 5.97 Å². The number of amides is 2. The first-order chi connectivity index (χ1) is 17.3. The number of allylic oxidation sites excluding steroid dienone is 2. The zero-order valence-corrected chi connectivity index (χ0v) is 21.9. The van der Waals surface area contributed by atoms with Gasteiger partial charge in [0.2, 0.25) is 5.91 Å². The summed E-state index contributed by atoms with van der Waals surface area (Å²) in [5.41, 5.74) is 2.06. The number of hydrogen-bond donors (Lipinski definition) is 1. The molecule has 1 fully saturated rings. The van der Waals surface area contributed by atoms with Crippen LogP contribution in [0.3, 0.4) is 0 Å². The topological polar surface area (TPSA) is 79.0 Å². The van der Waals surface area contributed by atoms with Gasteiger partial charge in [0.1, 0.15) is 10.9 Å². The molecule has 0 spiro atoms. The van der Waals surface area contributed by atoms with E-state index in [2.05, 4.69) is 5.32 Å². The van der Waals surface area contributed by atoms with Crippen molar-refractivity contribution in [3.8, 4) is 0 Å². The second-order valence-electron chi connectivity index (χ2n) is 8.29. The molecule has 188 valence electrons. The highest BCUT2D eigenvalue weighted by Gasteiger charge is 2.31. The molecule has 36 heavy (non-hydrogen) atoms. The molecule has 0 atom stereocenters. The highest BCUT2D eigenvalue weighted by atomic mass is 32.2. The number of nitrogens with zero attached hydrogens (tertiary/aromatic N) is 2. The van der Waals surface area contributed by atoms with Crippen molar-refractivity contribution in [1.82, 2.24) is 9.80 Å². The van der Waals surface area contributed by atoms with Crippen LogP contribution in [0.1, 0.15) is 28.8 Å². The lowest BCUT2D eigenvalue weighted by Crippen LogP contribution is -2.29. The summed E-state index contributed by atoms with van der Waals surface area (Å²) in [5.74, 6) is -0.720. The largest absolute Gasteiger partial charge is 0.461 e. The fourth-order valence-electron chi connectivity index (χ4n) is 3.23. The molecular formula is C27H29N3O4S2. The van der Waals surface area contributed by atoms with E-state index in [9.17, 15) is 14.4 Å². The minimum Gasteiger partial charge on any atom is -0.461 e. The third kappa shape index (κ3) is 8.44. The van der Waals surface area contributed by atoms with Crippen LogP contribution >= 0.6 is 24.0 Å². The minimum absolute atomic E-state index is 0.142. The average molecular weight is 524 g/mol. The number of carbonyl (C=O) groups is 3. The number of carbonyl (C=O) groups excluding carboxylic acids is 3. The maximum Gasteiger partial charge on any atom is 0.338 e. The molecule has 2 amide bonds. The molecule has 1 saturated heterocycles. The SMILES string of the molecule is CN(C)CCOC(=O)c1ccc(NC(=O)CCCN2C(=O)/C(=C/C=C/c3ccccc3)SC2=S)cc1. The van der Waals surface area contributed by atoms with Crippen LogP contribution in [0.4, 0.5) is 5.69 Å². The Kier molecular flexibility index (Phi) is 10.4. The van der Waals surface area contributed by atoms with E-state index in [0.717, 1.165) is 5.56 Å². The summed E-state index contributed by atoms with van der Waals surface area (Å²) in [4.78, 5) is 41.1. The van der Waals surface area contributed by atoms with Gasteiger partial charge in [0, 0.05) is 25.2 Å². The standard InChI is InChI=1S/C27H29N3O4S2/c1-29(2)18-19-34-26(33)21-13-15-22(16-14-21)28-24(31)12-7-17-30-25(32)23(36-27(30)35)11-6-10-20-8-4-3-5-9-20/h3-6,8-11,13-16H,7,12,17-19H2,1-2H3,(H,28,31)/b10-6+,23-11-. The summed E-state index contributed by atoms with van der Waals surface area (Å²) in [6.45, 7) is 1.33. The average Bonchev–Trinajstić information content (AvgIpc) is 3.12. The van der Waals surface area contributed by atoms with Crippen LogP contribution in [0.2, 0.25) is 0 Å². The molecule has 9 heteroatoms. The summed E-state index contributed by atoms with van der Waals surface area (Å²) in [7, 11) is 3.81. The normalized spacial score (nSPS) is 14.8. The van der Waals surface area contributed by atoms with Crippen LogP contribution in [0, 0.1) is 0 Å². The number of anilines is 1.